The number of nitrogens with zero attached hydrogens (tertiary/aromatic N) is 5. The zero-order valence-electron chi connectivity index (χ0n) is 25.3. The first kappa shape index (κ1) is 33.2. The fourth-order valence-corrected chi connectivity index (χ4v) is 4.82. The van der Waals surface area contributed by atoms with Crippen LogP contribution >= 0.6 is 11.6 Å². The number of likely N-dealkylation sites (tertiary alicyclic amines) is 1. The molecular weight excluding hydrogens is 605 g/mol. The van der Waals surface area contributed by atoms with E-state index in [0.717, 1.165) is 25.3 Å². The molecule has 1 fully saturated rings. The second-order valence-electron chi connectivity index (χ2n) is 11.5. The lowest BCUT2D eigenvalue weighted by atomic mass is 10.1. The quantitative estimate of drug-likeness (QED) is 0.246. The van der Waals surface area contributed by atoms with Gasteiger partial charge in [0, 0.05) is 36.8 Å². The monoisotopic (exact) mass is 639 g/mol. The highest BCUT2D eigenvalue weighted by Crippen LogP contribution is 2.25. The minimum absolute atomic E-state index is 0.0259. The number of carbonyl (C=O) groups is 4. The molecule has 0 unspecified atom stereocenters. The van der Waals surface area contributed by atoms with E-state index in [1.54, 1.807) is 25.7 Å². The van der Waals surface area contributed by atoms with Crippen LogP contribution in [0.5, 0.6) is 0 Å². The number of tetrazole rings is 1. The highest BCUT2D eigenvalue weighted by molar-refractivity contribution is 6.31. The zero-order chi connectivity index (χ0) is 32.6. The molecule has 0 bridgehead atoms. The molecule has 2 N–H and O–H groups in total. The van der Waals surface area contributed by atoms with Crippen LogP contribution in [0.3, 0.4) is 0 Å². The summed E-state index contributed by atoms with van der Waals surface area (Å²) in [5.74, 6) is -2.68. The summed E-state index contributed by atoms with van der Waals surface area (Å²) in [6.07, 6.45) is 6.49. The van der Waals surface area contributed by atoms with Crippen LogP contribution < -0.4 is 10.6 Å². The molecule has 0 saturated carbocycles. The third kappa shape index (κ3) is 9.42. The smallest absolute Gasteiger partial charge is 0.338 e. The van der Waals surface area contributed by atoms with Crippen LogP contribution in [-0.4, -0.2) is 73.5 Å². The Morgan fingerprint density at radius 1 is 1.07 bits per heavy atom. The van der Waals surface area contributed by atoms with E-state index >= 15 is 0 Å². The molecule has 1 saturated heterocycles. The Labute approximate surface area is 264 Å². The number of piperidine rings is 1. The second-order valence-corrected chi connectivity index (χ2v) is 11.9. The van der Waals surface area contributed by atoms with E-state index in [1.807, 2.05) is 0 Å². The molecule has 3 aromatic rings. The third-order valence-corrected chi connectivity index (χ3v) is 7.17. The molecule has 0 spiro atoms. The first-order chi connectivity index (χ1) is 21.4. The van der Waals surface area contributed by atoms with Crippen LogP contribution in [0.2, 0.25) is 5.02 Å². The zero-order valence-corrected chi connectivity index (χ0v) is 26.0. The number of hydrogen-bond donors (Lipinski definition) is 2. The largest absolute Gasteiger partial charge is 0.456 e. The number of carbonyl (C=O) groups excluding carboxylic acids is 4. The maximum Gasteiger partial charge on any atom is 0.338 e. The molecule has 3 amide bonds. The fourth-order valence-electron chi connectivity index (χ4n) is 4.66. The van der Waals surface area contributed by atoms with Crippen molar-refractivity contribution in [1.82, 2.24) is 30.4 Å². The van der Waals surface area contributed by atoms with Crippen molar-refractivity contribution >= 4 is 47.1 Å². The first-order valence-corrected chi connectivity index (χ1v) is 14.9. The standard InChI is InChI=1S/C31H35ClFN7O5/c1-31(2,3)45-30(44)20-7-9-21(10-8-20)35-29(43)24(13-16-27(42)39-17-5-4-6-18-39)36-26(41)15-11-22-25(40-19-34-37-38-40)14-12-23(32)28(22)33/h7-12,14-15,19,24H,4-6,13,16-18H2,1-3H3,(H,35,43)(H,36,41)/b15-11+/t24-/m0/s1. The lowest BCUT2D eigenvalue weighted by Gasteiger charge is -2.27. The Morgan fingerprint density at radius 2 is 1.78 bits per heavy atom. The van der Waals surface area contributed by atoms with E-state index in [1.165, 1.54) is 53.5 Å². The van der Waals surface area contributed by atoms with Gasteiger partial charge in [-0.3, -0.25) is 14.4 Å². The second kappa shape index (κ2) is 14.9. The van der Waals surface area contributed by atoms with E-state index in [-0.39, 0.29) is 35.0 Å². The number of ether oxygens (including phenoxy) is 1. The third-order valence-electron chi connectivity index (χ3n) is 6.88. The summed E-state index contributed by atoms with van der Waals surface area (Å²) in [6.45, 7) is 6.60. The Kier molecular flexibility index (Phi) is 11.0. The van der Waals surface area contributed by atoms with Gasteiger partial charge in [-0.1, -0.05) is 11.6 Å². The molecule has 1 aliphatic heterocycles. The molecule has 0 aliphatic carbocycles. The van der Waals surface area contributed by atoms with Crippen LogP contribution in [0.1, 0.15) is 68.8 Å². The number of benzene rings is 2. The number of aromatic nitrogens is 4. The Balaban J connectivity index is 1.49. The van der Waals surface area contributed by atoms with Crippen LogP contribution in [0.4, 0.5) is 10.1 Å². The predicted molar refractivity (Wildman–Crippen MR) is 165 cm³/mol. The van der Waals surface area contributed by atoms with E-state index in [2.05, 4.69) is 26.2 Å². The van der Waals surface area contributed by atoms with E-state index < -0.39 is 35.2 Å². The maximum absolute atomic E-state index is 15.0. The summed E-state index contributed by atoms with van der Waals surface area (Å²) in [7, 11) is 0. The number of rotatable bonds is 10. The molecule has 2 heterocycles. The van der Waals surface area contributed by atoms with Crippen LogP contribution in [0, 0.1) is 5.82 Å². The van der Waals surface area contributed by atoms with Crippen LogP contribution in [0.25, 0.3) is 11.8 Å². The van der Waals surface area contributed by atoms with Crippen molar-refractivity contribution < 1.29 is 28.3 Å². The average Bonchev–Trinajstić information content (AvgIpc) is 3.54. The van der Waals surface area contributed by atoms with Gasteiger partial charge in [0.1, 0.15) is 18.0 Å². The van der Waals surface area contributed by atoms with Gasteiger partial charge in [-0.2, -0.15) is 4.68 Å². The topological polar surface area (TPSA) is 148 Å². The summed E-state index contributed by atoms with van der Waals surface area (Å²) in [4.78, 5) is 53.4. The van der Waals surface area contributed by atoms with Gasteiger partial charge < -0.3 is 20.3 Å². The molecule has 238 valence electrons. The maximum atomic E-state index is 15.0. The number of anilines is 1. The van der Waals surface area contributed by atoms with Gasteiger partial charge in [0.15, 0.2) is 5.82 Å². The number of halogens is 2. The van der Waals surface area contributed by atoms with E-state index in [4.69, 9.17) is 16.3 Å². The van der Waals surface area contributed by atoms with Crippen molar-refractivity contribution in [2.45, 2.75) is 64.5 Å². The summed E-state index contributed by atoms with van der Waals surface area (Å²) < 4.78 is 21.5. The van der Waals surface area contributed by atoms with E-state index in [9.17, 15) is 23.6 Å². The molecular formula is C31H35ClFN7O5. The summed E-state index contributed by atoms with van der Waals surface area (Å²) in [6, 6.07) is 7.84. The summed E-state index contributed by atoms with van der Waals surface area (Å²) in [5, 5.41) is 16.0. The highest BCUT2D eigenvalue weighted by Gasteiger charge is 2.25. The molecule has 0 radical (unpaired) electrons. The Hall–Kier alpha value is -4.65. The van der Waals surface area contributed by atoms with Crippen LogP contribution in [0.15, 0.2) is 48.8 Å². The lowest BCUT2D eigenvalue weighted by molar-refractivity contribution is -0.132. The molecule has 1 aliphatic rings. The van der Waals surface area contributed by atoms with Crippen LogP contribution in [-0.2, 0) is 19.1 Å². The van der Waals surface area contributed by atoms with Crippen molar-refractivity contribution in [2.24, 2.45) is 0 Å². The molecule has 12 nitrogen and oxygen atoms in total. The number of hydrogen-bond acceptors (Lipinski definition) is 8. The van der Waals surface area contributed by atoms with Crippen molar-refractivity contribution in [1.29, 1.82) is 0 Å². The minimum Gasteiger partial charge on any atom is -0.456 e. The SMILES string of the molecule is CC(C)(C)OC(=O)c1ccc(NC(=O)[C@H](CCC(=O)N2CCCCC2)NC(=O)/C=C/c2c(-n3cnnn3)ccc(Cl)c2F)cc1. The Morgan fingerprint density at radius 3 is 2.42 bits per heavy atom. The van der Waals surface area contributed by atoms with Gasteiger partial charge in [0.2, 0.25) is 17.7 Å². The molecule has 14 heteroatoms. The average molecular weight is 640 g/mol. The molecule has 4 rings (SSSR count). The van der Waals surface area contributed by atoms with Crippen molar-refractivity contribution in [3.8, 4) is 5.69 Å². The molecule has 2 aromatic carbocycles. The van der Waals surface area contributed by atoms with Crippen molar-refractivity contribution in [3.05, 3.63) is 70.8 Å². The lowest BCUT2D eigenvalue weighted by Crippen LogP contribution is -2.44. The van der Waals surface area contributed by atoms with Gasteiger partial charge in [-0.15, -0.1) is 5.10 Å². The van der Waals surface area contributed by atoms with Gasteiger partial charge in [-0.05, 0) is 99.4 Å². The Bertz CT molecular complexity index is 1550. The minimum atomic E-state index is -1.11. The predicted octanol–water partition coefficient (Wildman–Crippen LogP) is 4.34. The highest BCUT2D eigenvalue weighted by atomic mass is 35.5. The number of amides is 3. The number of esters is 1. The summed E-state index contributed by atoms with van der Waals surface area (Å²) in [5.41, 5.74) is 0.206. The van der Waals surface area contributed by atoms with Gasteiger partial charge in [0.05, 0.1) is 16.3 Å². The van der Waals surface area contributed by atoms with Crippen molar-refractivity contribution in [3.63, 3.8) is 0 Å². The fraction of sp³-hybridized carbons (Fsp3) is 0.387. The molecule has 1 aromatic heterocycles. The molecule has 45 heavy (non-hydrogen) atoms. The van der Waals surface area contributed by atoms with E-state index in [0.29, 0.717) is 24.3 Å². The van der Waals surface area contributed by atoms with Crippen molar-refractivity contribution in [2.75, 3.05) is 18.4 Å². The summed E-state index contributed by atoms with van der Waals surface area (Å²) >= 11 is 5.97. The van der Waals surface area contributed by atoms with Gasteiger partial charge in [0.25, 0.3) is 0 Å². The first-order valence-electron chi connectivity index (χ1n) is 14.5. The molecule has 1 atom stereocenters. The number of nitrogens with one attached hydrogen (secondary N) is 2. The normalized spacial score (nSPS) is 14.2. The van der Waals surface area contributed by atoms with Gasteiger partial charge in [-0.25, -0.2) is 9.18 Å². The van der Waals surface area contributed by atoms with Gasteiger partial charge >= 0.3 is 5.97 Å².